The van der Waals surface area contributed by atoms with Crippen molar-refractivity contribution < 1.29 is 9.13 Å². The van der Waals surface area contributed by atoms with Crippen LogP contribution >= 0.6 is 0 Å². The van der Waals surface area contributed by atoms with Gasteiger partial charge in [0, 0.05) is 44.0 Å². The van der Waals surface area contributed by atoms with E-state index in [0.717, 1.165) is 0 Å². The summed E-state index contributed by atoms with van der Waals surface area (Å²) >= 11 is 0. The maximum atomic E-state index is 14.4. The predicted molar refractivity (Wildman–Crippen MR) is 80.6 cm³/mol. The van der Waals surface area contributed by atoms with Gasteiger partial charge >= 0.3 is 0 Å². The molecular weight excluding hydrogens is 257 g/mol. The number of halogens is 1. The summed E-state index contributed by atoms with van der Waals surface area (Å²) in [5, 5.41) is 3.29. The summed E-state index contributed by atoms with van der Waals surface area (Å²) in [7, 11) is 1.82. The SMILES string of the molecule is CCOCCN(C)c1nccc(CNC(C)(C)C)c1F. The second-order valence-corrected chi connectivity index (χ2v) is 5.83. The molecule has 0 radical (unpaired) electrons. The summed E-state index contributed by atoms with van der Waals surface area (Å²) in [6.07, 6.45) is 1.65. The second kappa shape index (κ2) is 7.55. The summed E-state index contributed by atoms with van der Waals surface area (Å²) in [4.78, 5) is 5.91. The zero-order valence-corrected chi connectivity index (χ0v) is 13.2. The van der Waals surface area contributed by atoms with Gasteiger partial charge in [0.2, 0.25) is 0 Å². The molecule has 1 heterocycles. The fourth-order valence-corrected chi connectivity index (χ4v) is 1.69. The summed E-state index contributed by atoms with van der Waals surface area (Å²) < 4.78 is 19.7. The van der Waals surface area contributed by atoms with Crippen molar-refractivity contribution in [3.05, 3.63) is 23.6 Å². The van der Waals surface area contributed by atoms with Gasteiger partial charge < -0.3 is 15.0 Å². The quantitative estimate of drug-likeness (QED) is 0.781. The van der Waals surface area contributed by atoms with E-state index in [-0.39, 0.29) is 11.4 Å². The van der Waals surface area contributed by atoms with Crippen LogP contribution in [0.1, 0.15) is 33.3 Å². The number of ether oxygens (including phenoxy) is 1. The lowest BCUT2D eigenvalue weighted by atomic mass is 10.1. The third kappa shape index (κ3) is 5.43. The van der Waals surface area contributed by atoms with Gasteiger partial charge in [-0.2, -0.15) is 0 Å². The standard InChI is InChI=1S/C15H26FN3O/c1-6-20-10-9-19(5)14-13(16)12(7-8-17-14)11-18-15(2,3)4/h7-8,18H,6,9-11H2,1-5H3. The van der Waals surface area contributed by atoms with Gasteiger partial charge in [0.05, 0.1) is 6.61 Å². The Morgan fingerprint density at radius 1 is 1.40 bits per heavy atom. The molecule has 0 saturated carbocycles. The van der Waals surface area contributed by atoms with E-state index in [1.165, 1.54) is 0 Å². The molecule has 1 aromatic rings. The largest absolute Gasteiger partial charge is 0.380 e. The maximum Gasteiger partial charge on any atom is 0.170 e. The lowest BCUT2D eigenvalue weighted by Gasteiger charge is -2.22. The first-order valence-electron chi connectivity index (χ1n) is 7.02. The Balaban J connectivity index is 2.73. The normalized spacial score (nSPS) is 11.7. The fourth-order valence-electron chi connectivity index (χ4n) is 1.69. The molecule has 0 atom stereocenters. The lowest BCUT2D eigenvalue weighted by molar-refractivity contribution is 0.154. The van der Waals surface area contributed by atoms with Crippen molar-refractivity contribution in [1.29, 1.82) is 0 Å². The smallest absolute Gasteiger partial charge is 0.170 e. The van der Waals surface area contributed by atoms with Gasteiger partial charge in [0.15, 0.2) is 11.6 Å². The molecule has 0 spiro atoms. The average Bonchev–Trinajstić information content (AvgIpc) is 2.36. The Bertz CT molecular complexity index is 418. The molecule has 0 aliphatic rings. The minimum Gasteiger partial charge on any atom is -0.380 e. The summed E-state index contributed by atoms with van der Waals surface area (Å²) in [6, 6.07) is 1.72. The molecule has 0 aliphatic carbocycles. The zero-order chi connectivity index (χ0) is 15.2. The van der Waals surface area contributed by atoms with Crippen LogP contribution in [0.5, 0.6) is 0 Å². The number of nitrogens with zero attached hydrogens (tertiary/aromatic N) is 2. The highest BCUT2D eigenvalue weighted by Crippen LogP contribution is 2.18. The highest BCUT2D eigenvalue weighted by atomic mass is 19.1. The minimum atomic E-state index is -0.261. The van der Waals surface area contributed by atoms with Crippen molar-refractivity contribution in [3.8, 4) is 0 Å². The van der Waals surface area contributed by atoms with E-state index < -0.39 is 0 Å². The van der Waals surface area contributed by atoms with E-state index in [0.29, 0.717) is 37.7 Å². The molecule has 0 saturated heterocycles. The van der Waals surface area contributed by atoms with Crippen LogP contribution in [0.2, 0.25) is 0 Å². The summed E-state index contributed by atoms with van der Waals surface area (Å²) in [6.45, 7) is 10.5. The molecule has 0 amide bonds. The first-order valence-corrected chi connectivity index (χ1v) is 7.02. The maximum absolute atomic E-state index is 14.4. The molecular formula is C15H26FN3O. The van der Waals surface area contributed by atoms with Crippen molar-refractivity contribution in [2.24, 2.45) is 0 Å². The molecule has 5 heteroatoms. The van der Waals surface area contributed by atoms with Crippen molar-refractivity contribution in [2.75, 3.05) is 31.7 Å². The van der Waals surface area contributed by atoms with Crippen LogP contribution in [0.3, 0.4) is 0 Å². The monoisotopic (exact) mass is 283 g/mol. The lowest BCUT2D eigenvalue weighted by Crippen LogP contribution is -2.35. The van der Waals surface area contributed by atoms with E-state index in [9.17, 15) is 4.39 Å². The third-order valence-corrected chi connectivity index (χ3v) is 2.90. The number of aromatic nitrogens is 1. The molecule has 0 aliphatic heterocycles. The van der Waals surface area contributed by atoms with Crippen LogP contribution in [0.25, 0.3) is 0 Å². The zero-order valence-electron chi connectivity index (χ0n) is 13.2. The topological polar surface area (TPSA) is 37.4 Å². The van der Waals surface area contributed by atoms with E-state index in [1.807, 2.05) is 14.0 Å². The Kier molecular flexibility index (Phi) is 6.36. The van der Waals surface area contributed by atoms with Crippen molar-refractivity contribution in [1.82, 2.24) is 10.3 Å². The van der Waals surface area contributed by atoms with Gasteiger partial charge in [-0.3, -0.25) is 0 Å². The van der Waals surface area contributed by atoms with Crippen LogP contribution < -0.4 is 10.2 Å². The Hall–Kier alpha value is -1.20. The van der Waals surface area contributed by atoms with Crippen LogP contribution in [0.4, 0.5) is 10.2 Å². The van der Waals surface area contributed by atoms with Gasteiger partial charge in [0.25, 0.3) is 0 Å². The Morgan fingerprint density at radius 2 is 2.10 bits per heavy atom. The fraction of sp³-hybridized carbons (Fsp3) is 0.667. The average molecular weight is 283 g/mol. The number of nitrogens with one attached hydrogen (secondary N) is 1. The second-order valence-electron chi connectivity index (χ2n) is 5.83. The van der Waals surface area contributed by atoms with Crippen LogP contribution in [0, 0.1) is 5.82 Å². The minimum absolute atomic E-state index is 0.0449. The molecule has 1 N–H and O–H groups in total. The van der Waals surface area contributed by atoms with Crippen LogP contribution in [0.15, 0.2) is 12.3 Å². The molecule has 0 fully saturated rings. The molecule has 0 unspecified atom stereocenters. The Morgan fingerprint density at radius 3 is 2.70 bits per heavy atom. The number of hydrogen-bond acceptors (Lipinski definition) is 4. The highest BCUT2D eigenvalue weighted by molar-refractivity contribution is 5.42. The van der Waals surface area contributed by atoms with E-state index in [2.05, 4.69) is 31.1 Å². The number of likely N-dealkylation sites (N-methyl/N-ethyl adjacent to an activating group) is 1. The first kappa shape index (κ1) is 16.9. The van der Waals surface area contributed by atoms with Crippen molar-refractivity contribution in [3.63, 3.8) is 0 Å². The summed E-state index contributed by atoms with van der Waals surface area (Å²) in [5.74, 6) is 0.112. The number of pyridine rings is 1. The van der Waals surface area contributed by atoms with Gasteiger partial charge in [-0.1, -0.05) is 0 Å². The van der Waals surface area contributed by atoms with E-state index in [1.54, 1.807) is 17.2 Å². The summed E-state index contributed by atoms with van der Waals surface area (Å²) in [5.41, 5.74) is 0.588. The third-order valence-electron chi connectivity index (χ3n) is 2.90. The van der Waals surface area contributed by atoms with Crippen LogP contribution in [-0.4, -0.2) is 37.3 Å². The van der Waals surface area contributed by atoms with Gasteiger partial charge in [-0.25, -0.2) is 9.37 Å². The molecule has 0 bridgehead atoms. The van der Waals surface area contributed by atoms with E-state index in [4.69, 9.17) is 4.74 Å². The van der Waals surface area contributed by atoms with Gasteiger partial charge in [-0.05, 0) is 33.8 Å². The molecule has 0 aromatic carbocycles. The van der Waals surface area contributed by atoms with Gasteiger partial charge in [0.1, 0.15) is 0 Å². The number of rotatable bonds is 7. The Labute approximate surface area is 121 Å². The van der Waals surface area contributed by atoms with E-state index >= 15 is 0 Å². The number of hydrogen-bond donors (Lipinski definition) is 1. The first-order chi connectivity index (χ1) is 9.35. The predicted octanol–water partition coefficient (Wildman–Crippen LogP) is 2.58. The number of anilines is 1. The molecule has 1 aromatic heterocycles. The molecule has 114 valence electrons. The van der Waals surface area contributed by atoms with Crippen LogP contribution in [-0.2, 0) is 11.3 Å². The van der Waals surface area contributed by atoms with Crippen molar-refractivity contribution >= 4 is 5.82 Å². The molecule has 1 rings (SSSR count). The molecule has 20 heavy (non-hydrogen) atoms. The highest BCUT2D eigenvalue weighted by Gasteiger charge is 2.15. The molecule has 4 nitrogen and oxygen atoms in total. The van der Waals surface area contributed by atoms with Gasteiger partial charge in [-0.15, -0.1) is 0 Å². The van der Waals surface area contributed by atoms with Crippen molar-refractivity contribution in [2.45, 2.75) is 39.8 Å².